The van der Waals surface area contributed by atoms with Gasteiger partial charge in [-0.05, 0) is 44.7 Å². The van der Waals surface area contributed by atoms with Crippen LogP contribution in [0, 0.1) is 0 Å². The van der Waals surface area contributed by atoms with Crippen molar-refractivity contribution < 1.29 is 5.11 Å². The molecule has 0 heterocycles. The molecule has 0 amide bonds. The maximum atomic E-state index is 9.29. The second-order valence-corrected chi connectivity index (χ2v) is 7.23. The van der Waals surface area contributed by atoms with Crippen molar-refractivity contribution in [2.45, 2.75) is 61.7 Å². The van der Waals surface area contributed by atoms with Gasteiger partial charge in [0.2, 0.25) is 0 Å². The molecule has 1 N–H and O–H groups in total. The van der Waals surface area contributed by atoms with Crippen LogP contribution in [0.25, 0.3) is 0 Å². The highest BCUT2D eigenvalue weighted by atomic mass is 79.9. The maximum absolute atomic E-state index is 9.29. The average molecular weight is 316 g/mol. The molecule has 0 aromatic carbocycles. The van der Waals surface area contributed by atoms with Gasteiger partial charge < -0.3 is 5.11 Å². The summed E-state index contributed by atoms with van der Waals surface area (Å²) in [5.74, 6) is 0. The molecule has 0 rings (SSSR count). The topological polar surface area (TPSA) is 20.2 Å². The molecule has 0 saturated carbocycles. The van der Waals surface area contributed by atoms with Gasteiger partial charge in [0.05, 0.1) is 0 Å². The van der Waals surface area contributed by atoms with Gasteiger partial charge in [-0.3, -0.25) is 0 Å². The number of hydrogen-bond acceptors (Lipinski definition) is 1. The molecule has 0 aliphatic carbocycles. The van der Waals surface area contributed by atoms with E-state index in [0.717, 1.165) is 12.8 Å². The monoisotopic (exact) mass is 314 g/mol. The van der Waals surface area contributed by atoms with Gasteiger partial charge in [0, 0.05) is 0 Å². The van der Waals surface area contributed by atoms with Crippen LogP contribution in [0.1, 0.15) is 58.3 Å². The molecule has 0 aromatic rings. The first-order valence-electron chi connectivity index (χ1n) is 5.16. The molecule has 0 unspecified atom stereocenters. The molecule has 80 valence electrons. The van der Waals surface area contributed by atoms with Crippen LogP contribution in [0.15, 0.2) is 0 Å². The quantitative estimate of drug-likeness (QED) is 0.514. The largest absolute Gasteiger partial charge is 0.369 e. The zero-order valence-electron chi connectivity index (χ0n) is 8.36. The van der Waals surface area contributed by atoms with Crippen molar-refractivity contribution in [3.63, 3.8) is 0 Å². The van der Waals surface area contributed by atoms with E-state index in [9.17, 15) is 5.11 Å². The van der Waals surface area contributed by atoms with Crippen LogP contribution in [0.4, 0.5) is 0 Å². The van der Waals surface area contributed by atoms with Gasteiger partial charge in [0.25, 0.3) is 0 Å². The minimum Gasteiger partial charge on any atom is -0.369 e. The number of halogens is 2. The average Bonchev–Trinajstić information content (AvgIpc) is 2.01. The fourth-order valence-electron chi connectivity index (χ4n) is 1.29. The van der Waals surface area contributed by atoms with Gasteiger partial charge in [-0.1, -0.05) is 45.4 Å². The Morgan fingerprint density at radius 3 is 1.85 bits per heavy atom. The van der Waals surface area contributed by atoms with E-state index in [2.05, 4.69) is 38.8 Å². The number of alkyl halides is 2. The molecular formula is C10H20Br2O. The summed E-state index contributed by atoms with van der Waals surface area (Å²) in [4.78, 5) is 0. The molecule has 3 heteroatoms. The highest BCUT2D eigenvalue weighted by Gasteiger charge is 2.15. The third-order valence-electron chi connectivity index (χ3n) is 2.08. The number of aliphatic hydroxyl groups is 1. The molecule has 0 spiro atoms. The molecule has 0 fully saturated rings. The summed E-state index contributed by atoms with van der Waals surface area (Å²) in [5, 5.41) is 9.29. The van der Waals surface area contributed by atoms with Crippen molar-refractivity contribution in [3.8, 4) is 0 Å². The first-order chi connectivity index (χ1) is 6.06. The molecule has 0 atom stereocenters. The van der Waals surface area contributed by atoms with Crippen LogP contribution in [0.3, 0.4) is 0 Å². The molecule has 0 saturated heterocycles. The standard InChI is InChI=1S/C10H20Br2O/c1-2-3-4-5-6-7-8-9-10(11,12)13/h13H,2-9H2,1H3. The number of unbranched alkanes of at least 4 members (excludes halogenated alkanes) is 6. The summed E-state index contributed by atoms with van der Waals surface area (Å²) in [5.41, 5.74) is 0. The van der Waals surface area contributed by atoms with Gasteiger partial charge in [-0.15, -0.1) is 0 Å². The molecule has 0 aromatic heterocycles. The molecule has 0 aliphatic heterocycles. The normalized spacial score (nSPS) is 12.0. The molecule has 0 aliphatic rings. The van der Waals surface area contributed by atoms with Crippen LogP contribution in [0.5, 0.6) is 0 Å². The zero-order chi connectivity index (χ0) is 10.2. The Labute approximate surface area is 98.6 Å². The Hall–Kier alpha value is 0.920. The molecule has 0 radical (unpaired) electrons. The first-order valence-corrected chi connectivity index (χ1v) is 6.75. The van der Waals surface area contributed by atoms with E-state index in [-0.39, 0.29) is 0 Å². The lowest BCUT2D eigenvalue weighted by molar-refractivity contribution is 0.229. The lowest BCUT2D eigenvalue weighted by Crippen LogP contribution is -2.08. The van der Waals surface area contributed by atoms with Gasteiger partial charge in [0.15, 0.2) is 3.42 Å². The first kappa shape index (κ1) is 13.9. The fourth-order valence-corrected chi connectivity index (χ4v) is 1.86. The van der Waals surface area contributed by atoms with Crippen molar-refractivity contribution in [1.82, 2.24) is 0 Å². The van der Waals surface area contributed by atoms with Gasteiger partial charge in [-0.2, -0.15) is 0 Å². The predicted octanol–water partition coefficient (Wildman–Crippen LogP) is 4.56. The van der Waals surface area contributed by atoms with Crippen LogP contribution in [-0.2, 0) is 0 Å². The minimum absolute atomic E-state index is 0.779. The van der Waals surface area contributed by atoms with Crippen LogP contribution >= 0.6 is 31.9 Å². The van der Waals surface area contributed by atoms with Crippen molar-refractivity contribution in [2.24, 2.45) is 0 Å². The fraction of sp³-hybridized carbons (Fsp3) is 1.00. The minimum atomic E-state index is -0.830. The number of hydrogen-bond donors (Lipinski definition) is 1. The van der Waals surface area contributed by atoms with Crippen molar-refractivity contribution in [2.75, 3.05) is 0 Å². The van der Waals surface area contributed by atoms with Gasteiger partial charge in [0.1, 0.15) is 0 Å². The molecule has 13 heavy (non-hydrogen) atoms. The summed E-state index contributed by atoms with van der Waals surface area (Å²) in [6.45, 7) is 2.23. The summed E-state index contributed by atoms with van der Waals surface area (Å²) in [6, 6.07) is 0. The second-order valence-electron chi connectivity index (χ2n) is 3.54. The van der Waals surface area contributed by atoms with Crippen molar-refractivity contribution in [1.29, 1.82) is 0 Å². The Bertz CT molecular complexity index is 110. The lowest BCUT2D eigenvalue weighted by atomic mass is 10.1. The van der Waals surface area contributed by atoms with Crippen LogP contribution in [0.2, 0.25) is 0 Å². The van der Waals surface area contributed by atoms with Crippen molar-refractivity contribution >= 4 is 31.9 Å². The van der Waals surface area contributed by atoms with Crippen LogP contribution in [-0.4, -0.2) is 8.53 Å². The highest BCUT2D eigenvalue weighted by Crippen LogP contribution is 2.28. The Balaban J connectivity index is 3.00. The van der Waals surface area contributed by atoms with E-state index in [1.165, 1.54) is 38.5 Å². The van der Waals surface area contributed by atoms with Gasteiger partial charge in [-0.25, -0.2) is 0 Å². The third kappa shape index (κ3) is 12.9. The molecule has 0 bridgehead atoms. The SMILES string of the molecule is CCCCCCCCCC(O)(Br)Br. The summed E-state index contributed by atoms with van der Waals surface area (Å²) in [6.07, 6.45) is 9.77. The van der Waals surface area contributed by atoms with E-state index in [0.29, 0.717) is 0 Å². The Kier molecular flexibility index (Phi) is 8.83. The highest BCUT2D eigenvalue weighted by molar-refractivity contribution is 9.25. The predicted molar refractivity (Wildman–Crippen MR) is 65.4 cm³/mol. The summed E-state index contributed by atoms with van der Waals surface area (Å²) >= 11 is 6.29. The van der Waals surface area contributed by atoms with Crippen molar-refractivity contribution in [3.05, 3.63) is 0 Å². The van der Waals surface area contributed by atoms with E-state index >= 15 is 0 Å². The van der Waals surface area contributed by atoms with E-state index in [4.69, 9.17) is 0 Å². The molecule has 1 nitrogen and oxygen atoms in total. The number of rotatable bonds is 8. The Morgan fingerprint density at radius 2 is 1.38 bits per heavy atom. The van der Waals surface area contributed by atoms with Crippen LogP contribution < -0.4 is 0 Å². The van der Waals surface area contributed by atoms with E-state index in [1.54, 1.807) is 0 Å². The maximum Gasteiger partial charge on any atom is 0.174 e. The smallest absolute Gasteiger partial charge is 0.174 e. The second kappa shape index (κ2) is 8.25. The summed E-state index contributed by atoms with van der Waals surface area (Å²) < 4.78 is -0.830. The Morgan fingerprint density at radius 1 is 0.923 bits per heavy atom. The molecular weight excluding hydrogens is 296 g/mol. The lowest BCUT2D eigenvalue weighted by Gasteiger charge is -2.11. The summed E-state index contributed by atoms with van der Waals surface area (Å²) in [7, 11) is 0. The van der Waals surface area contributed by atoms with E-state index < -0.39 is 3.42 Å². The van der Waals surface area contributed by atoms with Gasteiger partial charge >= 0.3 is 0 Å². The van der Waals surface area contributed by atoms with E-state index in [1.807, 2.05) is 0 Å². The third-order valence-corrected chi connectivity index (χ3v) is 2.87. The zero-order valence-corrected chi connectivity index (χ0v) is 11.5.